The van der Waals surface area contributed by atoms with Crippen molar-refractivity contribution in [1.82, 2.24) is 9.88 Å². The summed E-state index contributed by atoms with van der Waals surface area (Å²) < 4.78 is 29.8. The van der Waals surface area contributed by atoms with E-state index in [-0.39, 0.29) is 5.75 Å². The number of halogens is 2. The third-order valence-electron chi connectivity index (χ3n) is 5.31. The molecule has 3 heterocycles. The van der Waals surface area contributed by atoms with Crippen molar-refractivity contribution in [2.75, 3.05) is 31.1 Å². The zero-order valence-electron chi connectivity index (χ0n) is 14.4. The molecule has 0 aliphatic carbocycles. The highest BCUT2D eigenvalue weighted by Gasteiger charge is 2.30. The highest BCUT2D eigenvalue weighted by Crippen LogP contribution is 2.34. The van der Waals surface area contributed by atoms with Gasteiger partial charge < -0.3 is 9.64 Å². The molecule has 1 atom stereocenters. The lowest BCUT2D eigenvalue weighted by Crippen LogP contribution is -2.55. The summed E-state index contributed by atoms with van der Waals surface area (Å²) in [6.45, 7) is 0.853. The molecule has 136 valence electrons. The minimum Gasteiger partial charge on any atom is -0.435 e. The maximum atomic E-state index is 12.6. The second-order valence-electron chi connectivity index (χ2n) is 6.82. The highest BCUT2D eigenvalue weighted by molar-refractivity contribution is 5.95. The third kappa shape index (κ3) is 3.17. The average Bonchev–Trinajstić information content (AvgIpc) is 2.66. The summed E-state index contributed by atoms with van der Waals surface area (Å²) in [7, 11) is 0. The minimum absolute atomic E-state index is 0.0851. The highest BCUT2D eigenvalue weighted by atomic mass is 19.3. The molecule has 2 fully saturated rings. The summed E-state index contributed by atoms with van der Waals surface area (Å²) in [4.78, 5) is 9.03. The number of anilines is 1. The summed E-state index contributed by atoms with van der Waals surface area (Å²) in [5.41, 5.74) is 1.92. The fourth-order valence-corrected chi connectivity index (χ4v) is 4.12. The normalized spacial score (nSPS) is 20.8. The van der Waals surface area contributed by atoms with Gasteiger partial charge in [0.2, 0.25) is 0 Å². The van der Waals surface area contributed by atoms with Crippen LogP contribution in [0.25, 0.3) is 10.9 Å². The molecule has 0 spiro atoms. The smallest absolute Gasteiger partial charge is 0.387 e. The fraction of sp³-hybridized carbons (Fsp3) is 0.474. The molecule has 1 aromatic heterocycles. The van der Waals surface area contributed by atoms with Crippen LogP contribution in [0.1, 0.15) is 24.8 Å². The molecule has 1 aromatic carbocycles. The summed E-state index contributed by atoms with van der Waals surface area (Å²) in [5.74, 6) is 0.0851. The van der Waals surface area contributed by atoms with Crippen molar-refractivity contribution in [2.45, 2.75) is 31.9 Å². The van der Waals surface area contributed by atoms with Gasteiger partial charge in [-0.1, -0.05) is 6.42 Å². The van der Waals surface area contributed by atoms with E-state index < -0.39 is 6.61 Å². The Labute approximate surface area is 150 Å². The molecule has 0 N–H and O–H groups in total. The topological polar surface area (TPSA) is 52.4 Å². The van der Waals surface area contributed by atoms with E-state index in [2.05, 4.69) is 25.6 Å². The van der Waals surface area contributed by atoms with Gasteiger partial charge in [0, 0.05) is 37.3 Å². The maximum Gasteiger partial charge on any atom is 0.387 e. The van der Waals surface area contributed by atoms with Crippen LogP contribution in [-0.4, -0.2) is 48.7 Å². The molecule has 0 radical (unpaired) electrons. The number of alkyl halides is 2. The van der Waals surface area contributed by atoms with Crippen LogP contribution in [0.2, 0.25) is 0 Å². The molecule has 0 saturated carbocycles. The number of pyridine rings is 1. The van der Waals surface area contributed by atoms with Crippen molar-refractivity contribution in [3.63, 3.8) is 0 Å². The van der Waals surface area contributed by atoms with Crippen LogP contribution >= 0.6 is 0 Å². The Hall–Kier alpha value is -2.46. The van der Waals surface area contributed by atoms with Crippen LogP contribution in [0, 0.1) is 11.3 Å². The number of nitriles is 1. The zero-order chi connectivity index (χ0) is 18.1. The van der Waals surface area contributed by atoms with Gasteiger partial charge in [-0.25, -0.2) is 0 Å². The Balaban J connectivity index is 1.75. The lowest BCUT2D eigenvalue weighted by Gasteiger charge is -2.45. The molecular weight excluding hydrogens is 338 g/mol. The Bertz CT molecular complexity index is 851. The number of rotatable bonds is 3. The van der Waals surface area contributed by atoms with Crippen molar-refractivity contribution < 1.29 is 13.5 Å². The van der Waals surface area contributed by atoms with Crippen molar-refractivity contribution in [2.24, 2.45) is 0 Å². The van der Waals surface area contributed by atoms with Gasteiger partial charge in [-0.05, 0) is 37.6 Å². The van der Waals surface area contributed by atoms with E-state index in [9.17, 15) is 14.0 Å². The maximum absolute atomic E-state index is 12.6. The first-order chi connectivity index (χ1) is 12.7. The lowest BCUT2D eigenvalue weighted by molar-refractivity contribution is -0.0497. The van der Waals surface area contributed by atoms with E-state index in [0.29, 0.717) is 22.5 Å². The summed E-state index contributed by atoms with van der Waals surface area (Å²) in [5, 5.41) is 10.3. The SMILES string of the molecule is N#Cc1cnc2ccc(OC(F)F)cc2c1N1CCN2CCCCC2C1. The predicted molar refractivity (Wildman–Crippen MR) is 94.5 cm³/mol. The summed E-state index contributed by atoms with van der Waals surface area (Å²) in [6.07, 6.45) is 5.19. The summed E-state index contributed by atoms with van der Waals surface area (Å²) >= 11 is 0. The molecule has 0 bridgehead atoms. The Morgan fingerprint density at radius 2 is 2.12 bits per heavy atom. The first kappa shape index (κ1) is 17.0. The first-order valence-electron chi connectivity index (χ1n) is 8.92. The van der Waals surface area contributed by atoms with Gasteiger partial charge in [0.05, 0.1) is 16.8 Å². The van der Waals surface area contributed by atoms with E-state index >= 15 is 0 Å². The molecule has 2 aromatic rings. The molecular formula is C19H20F2N4O. The van der Waals surface area contributed by atoms with E-state index in [1.54, 1.807) is 18.3 Å². The van der Waals surface area contributed by atoms with Gasteiger partial charge in [-0.15, -0.1) is 0 Å². The molecule has 2 saturated heterocycles. The van der Waals surface area contributed by atoms with Gasteiger partial charge in [0.25, 0.3) is 0 Å². The van der Waals surface area contributed by atoms with Gasteiger partial charge in [-0.2, -0.15) is 14.0 Å². The van der Waals surface area contributed by atoms with Crippen LogP contribution in [-0.2, 0) is 0 Å². The number of piperidine rings is 1. The van der Waals surface area contributed by atoms with Crippen LogP contribution in [0.3, 0.4) is 0 Å². The monoisotopic (exact) mass is 358 g/mol. The van der Waals surface area contributed by atoms with Crippen LogP contribution < -0.4 is 9.64 Å². The van der Waals surface area contributed by atoms with Crippen LogP contribution in [0.5, 0.6) is 5.75 Å². The van der Waals surface area contributed by atoms with Gasteiger partial charge in [0.1, 0.15) is 11.8 Å². The molecule has 2 aliphatic rings. The molecule has 2 aliphatic heterocycles. The molecule has 7 heteroatoms. The summed E-state index contributed by atoms with van der Waals surface area (Å²) in [6, 6.07) is 7.40. The Morgan fingerprint density at radius 1 is 1.23 bits per heavy atom. The van der Waals surface area contributed by atoms with Gasteiger partial charge in [0.15, 0.2) is 0 Å². The second kappa shape index (κ2) is 7.04. The van der Waals surface area contributed by atoms with Crippen molar-refractivity contribution in [3.05, 3.63) is 30.0 Å². The second-order valence-corrected chi connectivity index (χ2v) is 6.82. The number of fused-ring (bicyclic) bond motifs is 2. The van der Waals surface area contributed by atoms with E-state index in [0.717, 1.165) is 38.3 Å². The fourth-order valence-electron chi connectivity index (χ4n) is 4.12. The van der Waals surface area contributed by atoms with Crippen molar-refractivity contribution in [1.29, 1.82) is 5.26 Å². The number of hydrogen-bond acceptors (Lipinski definition) is 5. The zero-order valence-corrected chi connectivity index (χ0v) is 14.4. The minimum atomic E-state index is -2.88. The lowest BCUT2D eigenvalue weighted by atomic mass is 9.98. The van der Waals surface area contributed by atoms with E-state index in [1.165, 1.54) is 18.9 Å². The number of aromatic nitrogens is 1. The number of benzene rings is 1. The molecule has 5 nitrogen and oxygen atoms in total. The standard InChI is InChI=1S/C19H20F2N4O/c20-19(21)26-15-4-5-17-16(9-15)18(13(10-22)11-23-17)25-8-7-24-6-2-1-3-14(24)12-25/h4-5,9,11,14,19H,1-3,6-8,12H2. The van der Waals surface area contributed by atoms with Gasteiger partial charge >= 0.3 is 6.61 Å². The van der Waals surface area contributed by atoms with Crippen LogP contribution in [0.15, 0.2) is 24.4 Å². The van der Waals surface area contributed by atoms with Gasteiger partial charge in [-0.3, -0.25) is 9.88 Å². The number of piperazine rings is 1. The average molecular weight is 358 g/mol. The van der Waals surface area contributed by atoms with E-state index in [4.69, 9.17) is 0 Å². The van der Waals surface area contributed by atoms with Crippen molar-refractivity contribution in [3.8, 4) is 11.8 Å². The number of nitrogens with zero attached hydrogens (tertiary/aromatic N) is 4. The van der Waals surface area contributed by atoms with E-state index in [1.807, 2.05) is 0 Å². The number of hydrogen-bond donors (Lipinski definition) is 0. The Morgan fingerprint density at radius 3 is 2.92 bits per heavy atom. The molecule has 0 amide bonds. The molecule has 1 unspecified atom stereocenters. The third-order valence-corrected chi connectivity index (χ3v) is 5.31. The van der Waals surface area contributed by atoms with Crippen LogP contribution in [0.4, 0.5) is 14.5 Å². The Kier molecular flexibility index (Phi) is 4.60. The quantitative estimate of drug-likeness (QED) is 0.842. The largest absolute Gasteiger partial charge is 0.435 e. The predicted octanol–water partition coefficient (Wildman–Crippen LogP) is 3.38. The number of ether oxygens (including phenoxy) is 1. The first-order valence-corrected chi connectivity index (χ1v) is 8.92. The molecule has 26 heavy (non-hydrogen) atoms. The van der Waals surface area contributed by atoms with Crippen molar-refractivity contribution >= 4 is 16.6 Å². The molecule has 4 rings (SSSR count).